The van der Waals surface area contributed by atoms with E-state index in [2.05, 4.69) is 20.6 Å². The van der Waals surface area contributed by atoms with Gasteiger partial charge in [0.15, 0.2) is 5.96 Å². The van der Waals surface area contributed by atoms with Gasteiger partial charge in [-0.1, -0.05) is 60.7 Å². The number of H-pyrrole nitrogens is 1. The van der Waals surface area contributed by atoms with E-state index >= 15 is 0 Å². The number of amides is 3. The van der Waals surface area contributed by atoms with Crippen LogP contribution in [-0.4, -0.2) is 70.9 Å². The molecule has 0 aliphatic rings. The maximum atomic E-state index is 13.9. The van der Waals surface area contributed by atoms with Crippen LogP contribution in [0.25, 0.3) is 10.9 Å². The van der Waals surface area contributed by atoms with Crippen molar-refractivity contribution in [2.75, 3.05) is 20.1 Å². The zero-order valence-electron chi connectivity index (χ0n) is 26.1. The molecule has 0 saturated carbocycles. The maximum Gasteiger partial charge on any atom is 0.243 e. The molecule has 2 atom stereocenters. The Morgan fingerprint density at radius 1 is 0.913 bits per heavy atom. The van der Waals surface area contributed by atoms with Gasteiger partial charge in [0.2, 0.25) is 17.7 Å². The molecule has 3 aromatic carbocycles. The molecular weight excluding hydrogens is 582 g/mol. The number of aromatic amines is 1. The molecule has 242 valence electrons. The number of nitrogens with two attached hydrogens (primary N) is 2. The quantitative estimate of drug-likeness (QED) is 0.0633. The molecule has 0 aliphatic carbocycles. The standard InChI is InChI=1S/C35H43N7O4/c1-42(32(44)18-15-24-13-16-27(43)17-14-24)31(22-25-8-3-2-4-9-25)34(46)41-30(12-7-20-39-35(36)37)33(45)38-21-19-26-23-40-29-11-6-5-10-28(26)29/h2-6,8-11,13-14,16-17,23,30-31,40,43H,7,12,15,18-22H2,1H3,(H,38,45)(H,41,46)(H4,36,37,39)/t30?,31-/m0/s1. The third-order valence-corrected chi connectivity index (χ3v) is 7.95. The fraction of sp³-hybridized carbons (Fsp3) is 0.314. The molecule has 11 heteroatoms. The molecule has 0 aliphatic heterocycles. The van der Waals surface area contributed by atoms with Gasteiger partial charge in [-0.25, -0.2) is 0 Å². The number of aliphatic imine (C=N–C) groups is 1. The second-order valence-corrected chi connectivity index (χ2v) is 11.3. The smallest absolute Gasteiger partial charge is 0.243 e. The number of phenols is 1. The number of para-hydroxylation sites is 1. The van der Waals surface area contributed by atoms with E-state index in [0.717, 1.165) is 27.6 Å². The average molecular weight is 626 g/mol. The number of carbonyl (C=O) groups is 3. The van der Waals surface area contributed by atoms with Crippen LogP contribution < -0.4 is 22.1 Å². The Balaban J connectivity index is 1.45. The van der Waals surface area contributed by atoms with Crippen LogP contribution in [0.15, 0.2) is 90.1 Å². The Labute approximate surface area is 269 Å². The summed E-state index contributed by atoms with van der Waals surface area (Å²) in [5.41, 5.74) is 14.8. The number of likely N-dealkylation sites (N-methyl/N-ethyl adjacent to an activating group) is 1. The molecule has 1 heterocycles. The topological polar surface area (TPSA) is 179 Å². The van der Waals surface area contributed by atoms with Gasteiger partial charge in [0.25, 0.3) is 0 Å². The lowest BCUT2D eigenvalue weighted by atomic mass is 10.0. The summed E-state index contributed by atoms with van der Waals surface area (Å²) in [5, 5.41) is 16.6. The number of carbonyl (C=O) groups excluding carboxylic acids is 3. The van der Waals surface area contributed by atoms with Gasteiger partial charge in [0.1, 0.15) is 17.8 Å². The van der Waals surface area contributed by atoms with Gasteiger partial charge in [-0.15, -0.1) is 0 Å². The van der Waals surface area contributed by atoms with Crippen molar-refractivity contribution in [2.45, 2.75) is 50.6 Å². The van der Waals surface area contributed by atoms with Crippen molar-refractivity contribution in [3.63, 3.8) is 0 Å². The van der Waals surface area contributed by atoms with Crippen LogP contribution in [0.1, 0.15) is 36.0 Å². The van der Waals surface area contributed by atoms with Crippen LogP contribution in [0.3, 0.4) is 0 Å². The number of phenolic OH excluding ortho intramolecular Hbond substituents is 1. The van der Waals surface area contributed by atoms with E-state index in [1.165, 1.54) is 4.90 Å². The summed E-state index contributed by atoms with van der Waals surface area (Å²) >= 11 is 0. The van der Waals surface area contributed by atoms with Crippen molar-refractivity contribution in [3.05, 3.63) is 102 Å². The third kappa shape index (κ3) is 9.85. The Bertz CT molecular complexity index is 1610. The predicted octanol–water partition coefficient (Wildman–Crippen LogP) is 2.77. The van der Waals surface area contributed by atoms with Gasteiger partial charge >= 0.3 is 0 Å². The lowest BCUT2D eigenvalue weighted by Crippen LogP contribution is -2.55. The first kappa shape index (κ1) is 33.6. The van der Waals surface area contributed by atoms with E-state index in [4.69, 9.17) is 11.5 Å². The summed E-state index contributed by atoms with van der Waals surface area (Å²) in [6.07, 6.45) is 4.22. The summed E-state index contributed by atoms with van der Waals surface area (Å²) in [6.45, 7) is 0.685. The Kier molecular flexibility index (Phi) is 12.2. The van der Waals surface area contributed by atoms with Crippen LogP contribution in [0.5, 0.6) is 5.75 Å². The minimum Gasteiger partial charge on any atom is -0.508 e. The Hall–Kier alpha value is -5.32. The van der Waals surface area contributed by atoms with Gasteiger partial charge in [-0.3, -0.25) is 19.4 Å². The normalized spacial score (nSPS) is 12.2. The fourth-order valence-corrected chi connectivity index (χ4v) is 5.33. The highest BCUT2D eigenvalue weighted by atomic mass is 16.3. The molecule has 4 rings (SSSR count). The van der Waals surface area contributed by atoms with E-state index in [1.54, 1.807) is 31.3 Å². The summed E-state index contributed by atoms with van der Waals surface area (Å²) < 4.78 is 0. The first-order chi connectivity index (χ1) is 22.2. The molecule has 11 nitrogen and oxygen atoms in total. The number of nitrogens with one attached hydrogen (secondary N) is 3. The minimum absolute atomic E-state index is 0.0425. The molecule has 1 unspecified atom stereocenters. The van der Waals surface area contributed by atoms with Crippen LogP contribution in [0.4, 0.5) is 0 Å². The number of fused-ring (bicyclic) bond motifs is 1. The van der Waals surface area contributed by atoms with Gasteiger partial charge in [0.05, 0.1) is 0 Å². The van der Waals surface area contributed by atoms with Crippen molar-refractivity contribution >= 4 is 34.6 Å². The highest BCUT2D eigenvalue weighted by Gasteiger charge is 2.30. The molecule has 0 bridgehead atoms. The summed E-state index contributed by atoms with van der Waals surface area (Å²) in [6, 6.07) is 22.4. The molecule has 0 fully saturated rings. The van der Waals surface area contributed by atoms with Crippen LogP contribution in [-0.2, 0) is 33.6 Å². The van der Waals surface area contributed by atoms with Gasteiger partial charge in [0, 0.05) is 50.1 Å². The number of nitrogens with zero attached hydrogens (tertiary/aromatic N) is 2. The lowest BCUT2D eigenvalue weighted by Gasteiger charge is -2.29. The second kappa shape index (κ2) is 16.7. The second-order valence-electron chi connectivity index (χ2n) is 11.3. The minimum atomic E-state index is -0.858. The van der Waals surface area contributed by atoms with E-state index in [-0.39, 0.29) is 36.4 Å². The zero-order chi connectivity index (χ0) is 32.9. The first-order valence-electron chi connectivity index (χ1n) is 15.5. The largest absolute Gasteiger partial charge is 0.508 e. The average Bonchev–Trinajstić information content (AvgIpc) is 3.47. The molecule has 8 N–H and O–H groups in total. The first-order valence-corrected chi connectivity index (χ1v) is 15.5. The van der Waals surface area contributed by atoms with Crippen molar-refractivity contribution < 1.29 is 19.5 Å². The van der Waals surface area contributed by atoms with E-state index in [9.17, 15) is 19.5 Å². The van der Waals surface area contributed by atoms with E-state index in [1.807, 2.05) is 60.8 Å². The Morgan fingerprint density at radius 3 is 2.37 bits per heavy atom. The number of aromatic nitrogens is 1. The van der Waals surface area contributed by atoms with E-state index < -0.39 is 18.0 Å². The summed E-state index contributed by atoms with van der Waals surface area (Å²) in [7, 11) is 1.61. The fourth-order valence-electron chi connectivity index (χ4n) is 5.33. The van der Waals surface area contributed by atoms with Crippen molar-refractivity contribution in [2.24, 2.45) is 16.5 Å². The molecular formula is C35H43N7O4. The number of hydrogen-bond donors (Lipinski definition) is 6. The predicted molar refractivity (Wildman–Crippen MR) is 180 cm³/mol. The number of benzene rings is 3. The van der Waals surface area contributed by atoms with E-state index in [0.29, 0.717) is 38.8 Å². The molecule has 4 aromatic rings. The molecule has 0 spiro atoms. The van der Waals surface area contributed by atoms with Crippen LogP contribution in [0.2, 0.25) is 0 Å². The monoisotopic (exact) mass is 625 g/mol. The van der Waals surface area contributed by atoms with Crippen molar-refractivity contribution in [1.82, 2.24) is 20.5 Å². The zero-order valence-corrected chi connectivity index (χ0v) is 26.1. The van der Waals surface area contributed by atoms with Crippen LogP contribution >= 0.6 is 0 Å². The summed E-state index contributed by atoms with van der Waals surface area (Å²) in [5.74, 6) is -0.849. The number of aryl methyl sites for hydroxylation is 1. The van der Waals surface area contributed by atoms with Crippen molar-refractivity contribution in [1.29, 1.82) is 0 Å². The maximum absolute atomic E-state index is 13.9. The molecule has 1 aromatic heterocycles. The van der Waals surface area contributed by atoms with Crippen LogP contribution in [0, 0.1) is 0 Å². The van der Waals surface area contributed by atoms with Gasteiger partial charge in [-0.2, -0.15) is 0 Å². The van der Waals surface area contributed by atoms with Gasteiger partial charge < -0.3 is 37.1 Å². The lowest BCUT2D eigenvalue weighted by molar-refractivity contribution is -0.140. The SMILES string of the molecule is CN(C(=O)CCc1ccc(O)cc1)[C@@H](Cc1ccccc1)C(=O)NC(CCCN=C(N)N)C(=O)NCCc1c[nH]c2ccccc12. The van der Waals surface area contributed by atoms with Gasteiger partial charge in [-0.05, 0) is 60.6 Å². The molecule has 0 radical (unpaired) electrons. The Morgan fingerprint density at radius 2 is 1.63 bits per heavy atom. The highest BCUT2D eigenvalue weighted by Crippen LogP contribution is 2.18. The summed E-state index contributed by atoms with van der Waals surface area (Å²) in [4.78, 5) is 49.4. The molecule has 46 heavy (non-hydrogen) atoms. The van der Waals surface area contributed by atoms with Crippen molar-refractivity contribution in [3.8, 4) is 5.75 Å². The number of aromatic hydroxyl groups is 1. The number of rotatable bonds is 16. The number of guanidine groups is 1. The molecule has 0 saturated heterocycles. The number of hydrogen-bond acceptors (Lipinski definition) is 5. The third-order valence-electron chi connectivity index (χ3n) is 7.95. The highest BCUT2D eigenvalue weighted by molar-refractivity contribution is 5.92. The molecule has 3 amide bonds.